The second-order valence-corrected chi connectivity index (χ2v) is 4.37. The molecule has 4 heteroatoms. The minimum absolute atomic E-state index is 0.149. The fourth-order valence-corrected chi connectivity index (χ4v) is 1.98. The highest BCUT2D eigenvalue weighted by atomic mass is 16.3. The lowest BCUT2D eigenvalue weighted by Crippen LogP contribution is -2.05. The van der Waals surface area contributed by atoms with Crippen LogP contribution in [0.1, 0.15) is 21.8 Å². The normalized spacial score (nSPS) is 11.0. The van der Waals surface area contributed by atoms with Gasteiger partial charge in [-0.05, 0) is 25.1 Å². The molecule has 3 rings (SSSR count). The van der Waals surface area contributed by atoms with Crippen LogP contribution in [0.2, 0.25) is 0 Å². The van der Waals surface area contributed by atoms with E-state index in [0.717, 1.165) is 16.5 Å². The number of fused-ring (bicyclic) bond motifs is 1. The van der Waals surface area contributed by atoms with Crippen LogP contribution < -0.4 is 0 Å². The molecule has 0 fully saturated rings. The summed E-state index contributed by atoms with van der Waals surface area (Å²) < 4.78 is 7.25. The number of furan rings is 1. The first-order valence-corrected chi connectivity index (χ1v) is 5.66. The van der Waals surface area contributed by atoms with Crippen molar-refractivity contribution in [1.29, 1.82) is 0 Å². The molecule has 0 N–H and O–H groups in total. The monoisotopic (exact) mass is 240 g/mol. The van der Waals surface area contributed by atoms with Gasteiger partial charge in [-0.15, -0.1) is 0 Å². The maximum Gasteiger partial charge on any atom is 0.246 e. The summed E-state index contributed by atoms with van der Waals surface area (Å²) in [5.74, 6) is 0.197. The Morgan fingerprint density at radius 2 is 2.17 bits per heavy atom. The summed E-state index contributed by atoms with van der Waals surface area (Å²) in [7, 11) is 1.78. The molecular formula is C14H12N2O2. The molecule has 0 saturated heterocycles. The molecule has 0 radical (unpaired) electrons. The van der Waals surface area contributed by atoms with E-state index in [1.54, 1.807) is 30.2 Å². The van der Waals surface area contributed by atoms with Crippen molar-refractivity contribution in [3.8, 4) is 0 Å². The van der Waals surface area contributed by atoms with E-state index in [4.69, 9.17) is 4.42 Å². The van der Waals surface area contributed by atoms with Crippen molar-refractivity contribution in [2.75, 3.05) is 0 Å². The van der Waals surface area contributed by atoms with Crippen LogP contribution in [0, 0.1) is 6.92 Å². The van der Waals surface area contributed by atoms with E-state index >= 15 is 0 Å². The van der Waals surface area contributed by atoms with Crippen molar-refractivity contribution in [2.24, 2.45) is 7.05 Å². The highest BCUT2D eigenvalue weighted by molar-refractivity contribution is 6.07. The van der Waals surface area contributed by atoms with Gasteiger partial charge >= 0.3 is 0 Å². The van der Waals surface area contributed by atoms with E-state index in [-0.39, 0.29) is 5.78 Å². The standard InChI is InChI=1S/C14H12N2O2/c1-9-3-4-12-10(5-9)6-13(18-12)14(17)11-7-15-8-16(11)2/h3-8H,1-2H3. The van der Waals surface area contributed by atoms with E-state index in [1.807, 2.05) is 25.1 Å². The minimum atomic E-state index is -0.149. The summed E-state index contributed by atoms with van der Waals surface area (Å²) in [5.41, 5.74) is 2.39. The number of benzene rings is 1. The Balaban J connectivity index is 2.10. The smallest absolute Gasteiger partial charge is 0.246 e. The molecule has 0 aliphatic heterocycles. The number of aromatic nitrogens is 2. The van der Waals surface area contributed by atoms with E-state index in [0.29, 0.717) is 11.5 Å². The van der Waals surface area contributed by atoms with Crippen LogP contribution in [-0.4, -0.2) is 15.3 Å². The van der Waals surface area contributed by atoms with E-state index in [2.05, 4.69) is 4.98 Å². The molecule has 0 aliphatic carbocycles. The summed E-state index contributed by atoms with van der Waals surface area (Å²) in [6.45, 7) is 2.01. The highest BCUT2D eigenvalue weighted by Gasteiger charge is 2.17. The molecule has 0 atom stereocenters. The van der Waals surface area contributed by atoms with Crippen molar-refractivity contribution in [2.45, 2.75) is 6.92 Å². The molecule has 0 unspecified atom stereocenters. The summed E-state index contributed by atoms with van der Waals surface area (Å²) in [6, 6.07) is 7.62. The maximum atomic E-state index is 12.2. The van der Waals surface area contributed by atoms with Gasteiger partial charge in [-0.25, -0.2) is 4.98 Å². The first kappa shape index (κ1) is 10.8. The van der Waals surface area contributed by atoms with E-state index in [1.165, 1.54) is 0 Å². The summed E-state index contributed by atoms with van der Waals surface area (Å²) in [4.78, 5) is 16.2. The average molecular weight is 240 g/mol. The number of rotatable bonds is 2. The number of carbonyl (C=O) groups excluding carboxylic acids is 1. The molecule has 2 aromatic heterocycles. The topological polar surface area (TPSA) is 48.0 Å². The SMILES string of the molecule is Cc1ccc2oc(C(=O)c3cncn3C)cc2c1. The molecule has 0 bridgehead atoms. The first-order chi connectivity index (χ1) is 8.65. The van der Waals surface area contributed by atoms with Gasteiger partial charge in [0, 0.05) is 12.4 Å². The van der Waals surface area contributed by atoms with Gasteiger partial charge in [-0.1, -0.05) is 11.6 Å². The first-order valence-electron chi connectivity index (χ1n) is 5.66. The average Bonchev–Trinajstić information content (AvgIpc) is 2.93. The highest BCUT2D eigenvalue weighted by Crippen LogP contribution is 2.22. The summed E-state index contributed by atoms with van der Waals surface area (Å²) in [5, 5.41) is 0.945. The minimum Gasteiger partial charge on any atom is -0.453 e. The Morgan fingerprint density at radius 3 is 2.89 bits per heavy atom. The number of nitrogens with zero attached hydrogens (tertiary/aromatic N) is 2. The van der Waals surface area contributed by atoms with Gasteiger partial charge in [0.1, 0.15) is 11.3 Å². The van der Waals surface area contributed by atoms with Crippen LogP contribution in [-0.2, 0) is 7.05 Å². The number of hydrogen-bond donors (Lipinski definition) is 0. The number of imidazole rings is 1. The largest absolute Gasteiger partial charge is 0.453 e. The fraction of sp³-hybridized carbons (Fsp3) is 0.143. The van der Waals surface area contributed by atoms with E-state index < -0.39 is 0 Å². The van der Waals surface area contributed by atoms with Gasteiger partial charge in [-0.2, -0.15) is 0 Å². The number of carbonyl (C=O) groups is 1. The molecule has 0 spiro atoms. The van der Waals surface area contributed by atoms with Crippen LogP contribution in [0.25, 0.3) is 11.0 Å². The molecule has 2 heterocycles. The van der Waals surface area contributed by atoms with Gasteiger partial charge in [0.05, 0.1) is 12.5 Å². The lowest BCUT2D eigenvalue weighted by Gasteiger charge is -1.97. The quantitative estimate of drug-likeness (QED) is 0.647. The lowest BCUT2D eigenvalue weighted by atomic mass is 10.1. The lowest BCUT2D eigenvalue weighted by molar-refractivity contribution is 0.100. The molecular weight excluding hydrogens is 228 g/mol. The van der Waals surface area contributed by atoms with Crippen molar-refractivity contribution in [3.63, 3.8) is 0 Å². The number of ketones is 1. The molecule has 4 nitrogen and oxygen atoms in total. The number of aryl methyl sites for hydroxylation is 2. The van der Waals surface area contributed by atoms with Crippen molar-refractivity contribution in [3.05, 3.63) is 53.8 Å². The zero-order valence-electron chi connectivity index (χ0n) is 10.2. The maximum absolute atomic E-state index is 12.2. The molecule has 0 amide bonds. The van der Waals surface area contributed by atoms with Gasteiger partial charge in [0.25, 0.3) is 0 Å². The Hall–Kier alpha value is -2.36. The Bertz CT molecular complexity index is 737. The van der Waals surface area contributed by atoms with Crippen LogP contribution in [0.3, 0.4) is 0 Å². The second kappa shape index (κ2) is 3.84. The fourth-order valence-electron chi connectivity index (χ4n) is 1.98. The third-order valence-corrected chi connectivity index (χ3v) is 2.94. The Morgan fingerprint density at radius 1 is 1.33 bits per heavy atom. The molecule has 1 aromatic carbocycles. The van der Waals surface area contributed by atoms with Gasteiger partial charge < -0.3 is 8.98 Å². The van der Waals surface area contributed by atoms with Gasteiger partial charge in [0.15, 0.2) is 5.76 Å². The van der Waals surface area contributed by atoms with Crippen molar-refractivity contribution < 1.29 is 9.21 Å². The Kier molecular flexibility index (Phi) is 2.30. The van der Waals surface area contributed by atoms with Gasteiger partial charge in [-0.3, -0.25) is 4.79 Å². The molecule has 0 saturated carbocycles. The predicted octanol–water partition coefficient (Wildman–Crippen LogP) is 2.71. The Labute approximate surface area is 104 Å². The summed E-state index contributed by atoms with van der Waals surface area (Å²) >= 11 is 0. The second-order valence-electron chi connectivity index (χ2n) is 4.37. The zero-order chi connectivity index (χ0) is 12.7. The van der Waals surface area contributed by atoms with Crippen LogP contribution in [0.4, 0.5) is 0 Å². The zero-order valence-corrected chi connectivity index (χ0v) is 10.2. The molecule has 18 heavy (non-hydrogen) atoms. The van der Waals surface area contributed by atoms with Crippen molar-refractivity contribution >= 4 is 16.8 Å². The van der Waals surface area contributed by atoms with Crippen LogP contribution >= 0.6 is 0 Å². The van der Waals surface area contributed by atoms with Crippen LogP contribution in [0.15, 0.2) is 41.2 Å². The third kappa shape index (κ3) is 1.62. The van der Waals surface area contributed by atoms with Crippen LogP contribution in [0.5, 0.6) is 0 Å². The number of hydrogen-bond acceptors (Lipinski definition) is 3. The predicted molar refractivity (Wildman–Crippen MR) is 67.6 cm³/mol. The van der Waals surface area contributed by atoms with Gasteiger partial charge in [0.2, 0.25) is 5.78 Å². The van der Waals surface area contributed by atoms with E-state index in [9.17, 15) is 4.79 Å². The molecule has 3 aromatic rings. The van der Waals surface area contributed by atoms with Crippen molar-refractivity contribution in [1.82, 2.24) is 9.55 Å². The molecule has 0 aliphatic rings. The summed E-state index contributed by atoms with van der Waals surface area (Å²) in [6.07, 6.45) is 3.14. The molecule has 90 valence electrons. The third-order valence-electron chi connectivity index (χ3n) is 2.94.